The van der Waals surface area contributed by atoms with Crippen LogP contribution in [0, 0.1) is 0 Å². The van der Waals surface area contributed by atoms with Gasteiger partial charge in [0.1, 0.15) is 6.67 Å². The molecule has 1 aliphatic heterocycles. The zero-order valence-electron chi connectivity index (χ0n) is 5.94. The van der Waals surface area contributed by atoms with Gasteiger partial charge in [0.2, 0.25) is 0 Å². The summed E-state index contributed by atoms with van der Waals surface area (Å²) >= 11 is 0. The van der Waals surface area contributed by atoms with Crippen LogP contribution in [-0.2, 0) is 0 Å². The van der Waals surface area contributed by atoms with Gasteiger partial charge in [-0.2, -0.15) is 0 Å². The number of rotatable bonds is 2. The molecule has 0 aliphatic carbocycles. The Morgan fingerprint density at radius 3 is 2.00 bits per heavy atom. The highest BCUT2D eigenvalue weighted by Crippen LogP contribution is 2.14. The van der Waals surface area contributed by atoms with Crippen molar-refractivity contribution >= 4 is 0 Å². The number of hydrogen-bond acceptors (Lipinski definition) is 4. The predicted octanol–water partition coefficient (Wildman–Crippen LogP) is -1.99. The Labute approximate surface area is 63.7 Å². The molecule has 0 aromatic carbocycles. The summed E-state index contributed by atoms with van der Waals surface area (Å²) < 4.78 is 12.0. The van der Waals surface area contributed by atoms with Crippen LogP contribution in [0.15, 0.2) is 0 Å². The van der Waals surface area contributed by atoms with Crippen LogP contribution in [0.5, 0.6) is 0 Å². The molecule has 0 spiro atoms. The minimum Gasteiger partial charge on any atom is -0.395 e. The molecule has 4 nitrogen and oxygen atoms in total. The fourth-order valence-electron chi connectivity index (χ4n) is 1.24. The minimum absolute atomic E-state index is 0.297. The van der Waals surface area contributed by atoms with E-state index in [9.17, 15) is 4.39 Å². The van der Waals surface area contributed by atoms with Crippen molar-refractivity contribution < 1.29 is 19.7 Å². The van der Waals surface area contributed by atoms with Crippen LogP contribution in [0.1, 0.15) is 0 Å². The molecular weight excluding hydrogens is 153 g/mol. The molecule has 0 aromatic heterocycles. The maximum Gasteiger partial charge on any atom is 0.107 e. The largest absolute Gasteiger partial charge is 0.395 e. The van der Waals surface area contributed by atoms with Crippen LogP contribution in [0.25, 0.3) is 0 Å². The van der Waals surface area contributed by atoms with E-state index < -0.39 is 31.0 Å². The fraction of sp³-hybridized carbons (Fsp3) is 1.00. The summed E-state index contributed by atoms with van der Waals surface area (Å²) in [7, 11) is 0. The van der Waals surface area contributed by atoms with Gasteiger partial charge < -0.3 is 20.6 Å². The Bertz CT molecular complexity index is 117. The van der Waals surface area contributed by atoms with E-state index in [0.717, 1.165) is 0 Å². The van der Waals surface area contributed by atoms with Crippen LogP contribution in [0.2, 0.25) is 0 Å². The molecule has 0 radical (unpaired) electrons. The van der Waals surface area contributed by atoms with Gasteiger partial charge in [0.15, 0.2) is 0 Å². The first-order valence-corrected chi connectivity index (χ1v) is 3.49. The molecular formula is C6H12FNO3. The molecule has 1 saturated heterocycles. The van der Waals surface area contributed by atoms with Crippen molar-refractivity contribution in [2.75, 3.05) is 13.3 Å². The van der Waals surface area contributed by atoms with E-state index in [2.05, 4.69) is 5.32 Å². The number of nitrogens with one attached hydrogen (secondary N) is 1. The molecule has 1 heterocycles. The quantitative estimate of drug-likeness (QED) is 0.382. The summed E-state index contributed by atoms with van der Waals surface area (Å²) in [5, 5.41) is 29.4. The van der Waals surface area contributed by atoms with Crippen LogP contribution in [0.3, 0.4) is 0 Å². The summed E-state index contributed by atoms with van der Waals surface area (Å²) in [5.41, 5.74) is 0. The maximum atomic E-state index is 12.0. The van der Waals surface area contributed by atoms with E-state index in [1.54, 1.807) is 0 Å². The van der Waals surface area contributed by atoms with Crippen molar-refractivity contribution in [1.82, 2.24) is 5.32 Å². The first-order chi connectivity index (χ1) is 5.20. The number of hydrogen-bond donors (Lipinski definition) is 4. The van der Waals surface area contributed by atoms with Gasteiger partial charge in [-0.1, -0.05) is 0 Å². The smallest absolute Gasteiger partial charge is 0.107 e. The second kappa shape index (κ2) is 3.44. The van der Waals surface area contributed by atoms with Gasteiger partial charge in [-0.25, -0.2) is 4.39 Å². The van der Waals surface area contributed by atoms with Gasteiger partial charge in [-0.05, 0) is 0 Å². The van der Waals surface area contributed by atoms with E-state index in [1.165, 1.54) is 0 Å². The number of aliphatic hydroxyl groups excluding tert-OH is 3. The summed E-state index contributed by atoms with van der Waals surface area (Å²) in [6.45, 7) is -1.04. The molecule has 4 N–H and O–H groups in total. The molecule has 0 bridgehead atoms. The third kappa shape index (κ3) is 1.51. The van der Waals surface area contributed by atoms with Crippen molar-refractivity contribution in [2.24, 2.45) is 0 Å². The van der Waals surface area contributed by atoms with Crippen LogP contribution in [0.4, 0.5) is 4.39 Å². The summed E-state index contributed by atoms with van der Waals surface area (Å²) in [5.74, 6) is 0. The summed E-state index contributed by atoms with van der Waals surface area (Å²) in [6.07, 6.45) is -2.18. The lowest BCUT2D eigenvalue weighted by Crippen LogP contribution is -2.36. The third-order valence-corrected chi connectivity index (χ3v) is 1.97. The van der Waals surface area contributed by atoms with E-state index in [-0.39, 0.29) is 6.61 Å². The molecule has 11 heavy (non-hydrogen) atoms. The topological polar surface area (TPSA) is 72.7 Å². The van der Waals surface area contributed by atoms with Gasteiger partial charge in [0.25, 0.3) is 0 Å². The van der Waals surface area contributed by atoms with Gasteiger partial charge in [-0.15, -0.1) is 0 Å². The third-order valence-electron chi connectivity index (χ3n) is 1.97. The van der Waals surface area contributed by atoms with Gasteiger partial charge in [0.05, 0.1) is 30.9 Å². The second-order valence-corrected chi connectivity index (χ2v) is 2.70. The fourth-order valence-corrected chi connectivity index (χ4v) is 1.24. The molecule has 0 aromatic rings. The molecule has 1 fully saturated rings. The lowest BCUT2D eigenvalue weighted by atomic mass is 10.1. The second-order valence-electron chi connectivity index (χ2n) is 2.70. The van der Waals surface area contributed by atoms with E-state index >= 15 is 0 Å². The molecule has 5 heteroatoms. The molecule has 0 amide bonds. The molecule has 1 aliphatic rings. The number of alkyl halides is 1. The zero-order chi connectivity index (χ0) is 8.43. The van der Waals surface area contributed by atoms with Crippen molar-refractivity contribution in [3.8, 4) is 0 Å². The standard InChI is InChI=1S/C6H12FNO3/c7-1-3-5(10)6(11)4(2-9)8-3/h3-6,8-11H,1-2H2. The van der Waals surface area contributed by atoms with Crippen LogP contribution < -0.4 is 5.32 Å². The zero-order valence-corrected chi connectivity index (χ0v) is 5.94. The molecule has 4 atom stereocenters. The van der Waals surface area contributed by atoms with E-state index in [4.69, 9.17) is 15.3 Å². The van der Waals surface area contributed by atoms with Crippen LogP contribution >= 0.6 is 0 Å². The van der Waals surface area contributed by atoms with Gasteiger partial charge >= 0.3 is 0 Å². The van der Waals surface area contributed by atoms with Crippen LogP contribution in [-0.4, -0.2) is 52.9 Å². The average molecular weight is 165 g/mol. The average Bonchev–Trinajstić information content (AvgIpc) is 2.30. The van der Waals surface area contributed by atoms with Gasteiger partial charge in [0, 0.05) is 0 Å². The lowest BCUT2D eigenvalue weighted by Gasteiger charge is -2.12. The first kappa shape index (κ1) is 8.86. The van der Waals surface area contributed by atoms with Crippen molar-refractivity contribution in [3.63, 3.8) is 0 Å². The van der Waals surface area contributed by atoms with E-state index in [1.807, 2.05) is 0 Å². The summed E-state index contributed by atoms with van der Waals surface area (Å²) in [6, 6.07) is -1.35. The molecule has 1 rings (SSSR count). The monoisotopic (exact) mass is 165 g/mol. The maximum absolute atomic E-state index is 12.0. The van der Waals surface area contributed by atoms with Crippen molar-refractivity contribution in [2.45, 2.75) is 24.3 Å². The molecule has 4 unspecified atom stereocenters. The minimum atomic E-state index is -1.11. The van der Waals surface area contributed by atoms with Crippen molar-refractivity contribution in [1.29, 1.82) is 0 Å². The Kier molecular flexibility index (Phi) is 2.78. The number of aliphatic hydroxyl groups is 3. The summed E-state index contributed by atoms with van der Waals surface area (Å²) in [4.78, 5) is 0. The lowest BCUT2D eigenvalue weighted by molar-refractivity contribution is 0.0171. The highest BCUT2D eigenvalue weighted by molar-refractivity contribution is 4.97. The number of halogens is 1. The molecule has 66 valence electrons. The molecule has 0 saturated carbocycles. The highest BCUT2D eigenvalue weighted by Gasteiger charge is 2.40. The van der Waals surface area contributed by atoms with E-state index in [0.29, 0.717) is 0 Å². The Hall–Kier alpha value is -0.230. The predicted molar refractivity (Wildman–Crippen MR) is 35.8 cm³/mol. The normalized spacial score (nSPS) is 44.7. The Morgan fingerprint density at radius 1 is 1.18 bits per heavy atom. The SMILES string of the molecule is OCC1NC(CF)C(O)C1O. The van der Waals surface area contributed by atoms with Gasteiger partial charge in [-0.3, -0.25) is 0 Å². The first-order valence-electron chi connectivity index (χ1n) is 3.49. The van der Waals surface area contributed by atoms with Crippen molar-refractivity contribution in [3.05, 3.63) is 0 Å². The Balaban J connectivity index is 2.53. The highest BCUT2D eigenvalue weighted by atomic mass is 19.1. The Morgan fingerprint density at radius 2 is 1.73 bits per heavy atom.